The maximum atomic E-state index is 11.2. The number of aliphatic hydroxyl groups is 1. The first-order chi connectivity index (χ1) is 15.9. The highest BCUT2D eigenvalue weighted by molar-refractivity contribution is 7.80. The Hall–Kier alpha value is -3.50. The van der Waals surface area contributed by atoms with Crippen molar-refractivity contribution in [1.82, 2.24) is 19.8 Å². The number of non-ortho nitro benzene ring substituents is 1. The lowest BCUT2D eigenvalue weighted by Crippen LogP contribution is -2.32. The highest BCUT2D eigenvalue weighted by Crippen LogP contribution is 2.42. The summed E-state index contributed by atoms with van der Waals surface area (Å²) in [5.74, 6) is 0.408. The summed E-state index contributed by atoms with van der Waals surface area (Å²) < 4.78 is 7.51. The zero-order chi connectivity index (χ0) is 23.7. The molecule has 0 bridgehead atoms. The number of hydrogen-bond acceptors (Lipinski definition) is 6. The molecule has 1 aliphatic rings. The maximum Gasteiger partial charge on any atom is 0.273 e. The number of benzene rings is 1. The number of pyridine rings is 1. The number of nitrogens with one attached hydrogen (secondary N) is 1. The second kappa shape index (κ2) is 9.16. The molecule has 10 heteroatoms. The Bertz CT molecular complexity index is 1200. The zero-order valence-corrected chi connectivity index (χ0v) is 19.4. The Labute approximate surface area is 196 Å². The van der Waals surface area contributed by atoms with Gasteiger partial charge in [-0.3, -0.25) is 15.1 Å². The molecule has 2 N–H and O–H groups in total. The molecule has 0 unspecified atom stereocenters. The fourth-order valence-electron chi connectivity index (χ4n) is 4.51. The molecule has 0 amide bonds. The van der Waals surface area contributed by atoms with Crippen LogP contribution < -0.4 is 10.1 Å². The van der Waals surface area contributed by atoms with Gasteiger partial charge in [0.25, 0.3) is 5.69 Å². The van der Waals surface area contributed by atoms with Gasteiger partial charge in [-0.1, -0.05) is 6.07 Å². The number of thiocarbonyl (C=S) groups is 1. The molecule has 9 nitrogen and oxygen atoms in total. The molecule has 2 aromatic heterocycles. The van der Waals surface area contributed by atoms with Crippen LogP contribution in [0.3, 0.4) is 0 Å². The molecule has 0 spiro atoms. The predicted octanol–water partition coefficient (Wildman–Crippen LogP) is 3.37. The predicted molar refractivity (Wildman–Crippen MR) is 128 cm³/mol. The van der Waals surface area contributed by atoms with Crippen LogP contribution in [0, 0.1) is 24.0 Å². The average Bonchev–Trinajstić information content (AvgIpc) is 3.29. The number of methoxy groups -OCH3 is 1. The summed E-state index contributed by atoms with van der Waals surface area (Å²) in [6.45, 7) is 4.31. The molecule has 0 aliphatic carbocycles. The van der Waals surface area contributed by atoms with Crippen molar-refractivity contribution in [2.75, 3.05) is 20.3 Å². The molecule has 172 valence electrons. The van der Waals surface area contributed by atoms with E-state index in [9.17, 15) is 15.2 Å². The van der Waals surface area contributed by atoms with Crippen LogP contribution in [-0.4, -0.2) is 49.9 Å². The van der Waals surface area contributed by atoms with Crippen molar-refractivity contribution in [2.45, 2.75) is 25.9 Å². The van der Waals surface area contributed by atoms with E-state index in [0.717, 1.165) is 22.6 Å². The number of rotatable bonds is 7. The van der Waals surface area contributed by atoms with Crippen molar-refractivity contribution in [1.29, 1.82) is 0 Å². The quantitative estimate of drug-likeness (QED) is 0.310. The number of nitrogens with zero attached hydrogens (tertiary/aromatic N) is 4. The smallest absolute Gasteiger partial charge is 0.273 e. The number of nitro benzene ring substituents is 1. The SMILES string of the molecule is COc1cc([N+](=O)[O-])ccc1-n1c(C)cc([C@H]2[C@@H](c3ccccn3)NC(=S)N2CCO)c1C. The summed E-state index contributed by atoms with van der Waals surface area (Å²) in [6.07, 6.45) is 1.75. The van der Waals surface area contributed by atoms with E-state index in [-0.39, 0.29) is 24.4 Å². The first-order valence-electron chi connectivity index (χ1n) is 10.5. The Morgan fingerprint density at radius 1 is 1.27 bits per heavy atom. The minimum atomic E-state index is -0.442. The topological polar surface area (TPSA) is 106 Å². The number of aliphatic hydroxyl groups excluding tert-OH is 1. The largest absolute Gasteiger partial charge is 0.494 e. The van der Waals surface area contributed by atoms with Crippen LogP contribution in [0.1, 0.15) is 34.7 Å². The monoisotopic (exact) mass is 467 g/mol. The van der Waals surface area contributed by atoms with Crippen molar-refractivity contribution in [3.63, 3.8) is 0 Å². The molecule has 0 saturated carbocycles. The van der Waals surface area contributed by atoms with Gasteiger partial charge in [0.15, 0.2) is 5.11 Å². The van der Waals surface area contributed by atoms with E-state index in [4.69, 9.17) is 17.0 Å². The number of aryl methyl sites for hydroxylation is 1. The van der Waals surface area contributed by atoms with Crippen LogP contribution in [0.25, 0.3) is 5.69 Å². The standard InChI is InChI=1S/C23H25N5O4S/c1-14-12-17(15(2)27(14)19-8-7-16(28(30)31)13-20(19)32-3)22-21(18-6-4-5-9-24-18)25-23(33)26(22)10-11-29/h4-9,12-13,21-22,29H,10-11H2,1-3H3,(H,25,33)/t21-,22+/m1/s1. The molecule has 1 aromatic carbocycles. The van der Waals surface area contributed by atoms with Gasteiger partial charge in [0.2, 0.25) is 0 Å². The van der Waals surface area contributed by atoms with Gasteiger partial charge in [0, 0.05) is 30.2 Å². The molecule has 2 atom stereocenters. The third-order valence-electron chi connectivity index (χ3n) is 5.94. The fourth-order valence-corrected chi connectivity index (χ4v) is 4.85. The maximum absolute atomic E-state index is 11.2. The highest BCUT2D eigenvalue weighted by atomic mass is 32.1. The Morgan fingerprint density at radius 3 is 2.70 bits per heavy atom. The third kappa shape index (κ3) is 4.03. The Balaban J connectivity index is 1.85. The van der Waals surface area contributed by atoms with Crippen molar-refractivity contribution >= 4 is 23.0 Å². The van der Waals surface area contributed by atoms with Gasteiger partial charge in [0.05, 0.1) is 48.2 Å². The van der Waals surface area contributed by atoms with Crippen molar-refractivity contribution < 1.29 is 14.8 Å². The van der Waals surface area contributed by atoms with Gasteiger partial charge in [-0.15, -0.1) is 0 Å². The number of hydrogen-bond donors (Lipinski definition) is 2. The molecule has 1 saturated heterocycles. The van der Waals surface area contributed by atoms with E-state index in [2.05, 4.69) is 16.4 Å². The van der Waals surface area contributed by atoms with Crippen LogP contribution in [-0.2, 0) is 0 Å². The molecule has 3 heterocycles. The summed E-state index contributed by atoms with van der Waals surface area (Å²) in [5, 5.41) is 24.8. The van der Waals surface area contributed by atoms with E-state index >= 15 is 0 Å². The number of aromatic nitrogens is 2. The first kappa shape index (κ1) is 22.7. The lowest BCUT2D eigenvalue weighted by atomic mass is 9.97. The van der Waals surface area contributed by atoms with Crippen molar-refractivity contribution in [3.05, 3.63) is 81.4 Å². The van der Waals surface area contributed by atoms with Crippen molar-refractivity contribution in [2.24, 2.45) is 0 Å². The molecule has 33 heavy (non-hydrogen) atoms. The van der Waals surface area contributed by atoms with E-state index < -0.39 is 4.92 Å². The van der Waals surface area contributed by atoms with Gasteiger partial charge in [-0.05, 0) is 55.9 Å². The summed E-state index contributed by atoms with van der Waals surface area (Å²) in [5.41, 5.74) is 4.43. The molecule has 0 radical (unpaired) electrons. The van der Waals surface area contributed by atoms with Crippen LogP contribution in [0.4, 0.5) is 5.69 Å². The van der Waals surface area contributed by atoms with Crippen LogP contribution in [0.15, 0.2) is 48.7 Å². The fraction of sp³-hybridized carbons (Fsp3) is 0.304. The van der Waals surface area contributed by atoms with E-state index in [0.29, 0.717) is 23.1 Å². The summed E-state index contributed by atoms with van der Waals surface area (Å²) in [6, 6.07) is 12.0. The van der Waals surface area contributed by atoms with E-state index in [1.165, 1.54) is 19.2 Å². The van der Waals surface area contributed by atoms with Crippen LogP contribution >= 0.6 is 12.2 Å². The second-order valence-corrected chi connectivity index (χ2v) is 8.21. The summed E-state index contributed by atoms with van der Waals surface area (Å²) >= 11 is 5.60. The Kier molecular flexibility index (Phi) is 6.30. The normalized spacial score (nSPS) is 17.8. The third-order valence-corrected chi connectivity index (χ3v) is 6.29. The van der Waals surface area contributed by atoms with E-state index in [1.807, 2.05) is 41.5 Å². The molecular weight excluding hydrogens is 442 g/mol. The molecule has 3 aromatic rings. The minimum Gasteiger partial charge on any atom is -0.494 e. The first-order valence-corrected chi connectivity index (χ1v) is 10.9. The van der Waals surface area contributed by atoms with E-state index in [1.54, 1.807) is 12.3 Å². The molecular formula is C23H25N5O4S. The molecule has 4 rings (SSSR count). The number of β-amino-alcohol motifs (C(OH)–C–C–N with tert-alkyl or cyclic N) is 1. The lowest BCUT2D eigenvalue weighted by molar-refractivity contribution is -0.384. The number of ether oxygens (including phenoxy) is 1. The summed E-state index contributed by atoms with van der Waals surface area (Å²) in [4.78, 5) is 17.3. The van der Waals surface area contributed by atoms with Crippen LogP contribution in [0.5, 0.6) is 5.75 Å². The average molecular weight is 468 g/mol. The van der Waals surface area contributed by atoms with Gasteiger partial charge in [-0.25, -0.2) is 0 Å². The Morgan fingerprint density at radius 2 is 2.06 bits per heavy atom. The summed E-state index contributed by atoms with van der Waals surface area (Å²) in [7, 11) is 1.50. The van der Waals surface area contributed by atoms with Crippen LogP contribution in [0.2, 0.25) is 0 Å². The zero-order valence-electron chi connectivity index (χ0n) is 18.6. The van der Waals surface area contributed by atoms with Crippen molar-refractivity contribution in [3.8, 4) is 11.4 Å². The van der Waals surface area contributed by atoms with Gasteiger partial charge in [0.1, 0.15) is 5.75 Å². The minimum absolute atomic E-state index is 0.0343. The molecule has 1 fully saturated rings. The van der Waals surface area contributed by atoms with Gasteiger partial charge < -0.3 is 24.6 Å². The molecule has 1 aliphatic heterocycles. The van der Waals surface area contributed by atoms with Gasteiger partial charge >= 0.3 is 0 Å². The number of nitro groups is 1. The lowest BCUT2D eigenvalue weighted by Gasteiger charge is -2.27. The highest BCUT2D eigenvalue weighted by Gasteiger charge is 2.41. The van der Waals surface area contributed by atoms with Gasteiger partial charge in [-0.2, -0.15) is 0 Å². The second-order valence-electron chi connectivity index (χ2n) is 7.82.